The lowest BCUT2D eigenvalue weighted by atomic mass is 9.93. The summed E-state index contributed by atoms with van der Waals surface area (Å²) in [6, 6.07) is 10.8. The summed E-state index contributed by atoms with van der Waals surface area (Å²) in [5.41, 5.74) is 2.44. The summed E-state index contributed by atoms with van der Waals surface area (Å²) in [6.07, 6.45) is 9.56. The number of carbonyl (C=O) groups excluding carboxylic acids is 2. The molecule has 3 aromatic rings. The van der Waals surface area contributed by atoms with E-state index < -0.39 is 0 Å². The molecule has 9 heteroatoms. The molecular weight excluding hydrogens is 533 g/mol. The van der Waals surface area contributed by atoms with Crippen LogP contribution in [0.4, 0.5) is 0 Å². The molecule has 0 bridgehead atoms. The first-order valence-corrected chi connectivity index (χ1v) is 14.8. The van der Waals surface area contributed by atoms with Gasteiger partial charge in [-0.3, -0.25) is 9.59 Å². The number of aromatic amines is 1. The van der Waals surface area contributed by atoms with Gasteiger partial charge in [0.1, 0.15) is 5.82 Å². The first kappa shape index (κ1) is 27.9. The van der Waals surface area contributed by atoms with Gasteiger partial charge in [0.05, 0.1) is 27.7 Å². The van der Waals surface area contributed by atoms with Crippen LogP contribution in [0.1, 0.15) is 90.9 Å². The van der Waals surface area contributed by atoms with Gasteiger partial charge >= 0.3 is 0 Å². The molecular formula is C30H37Cl2N5O2. The predicted molar refractivity (Wildman–Crippen MR) is 157 cm³/mol. The molecule has 7 nitrogen and oxygen atoms in total. The third-order valence-electron chi connectivity index (χ3n) is 8.27. The Kier molecular flexibility index (Phi) is 8.79. The minimum atomic E-state index is -0.362. The highest BCUT2D eigenvalue weighted by Gasteiger charge is 2.31. The number of likely N-dealkylation sites (tertiary alicyclic amines) is 1. The zero-order valence-corrected chi connectivity index (χ0v) is 24.2. The summed E-state index contributed by atoms with van der Waals surface area (Å²) < 4.78 is 0. The number of rotatable bonds is 7. The van der Waals surface area contributed by atoms with Gasteiger partial charge < -0.3 is 20.1 Å². The number of amides is 2. The van der Waals surface area contributed by atoms with Crippen molar-refractivity contribution in [2.45, 2.75) is 76.4 Å². The highest BCUT2D eigenvalue weighted by atomic mass is 35.5. The maximum Gasteiger partial charge on any atom is 0.255 e. The highest BCUT2D eigenvalue weighted by molar-refractivity contribution is 6.34. The van der Waals surface area contributed by atoms with Crippen LogP contribution in [0.15, 0.2) is 36.4 Å². The van der Waals surface area contributed by atoms with Gasteiger partial charge in [-0.15, -0.1) is 0 Å². The van der Waals surface area contributed by atoms with Crippen LogP contribution < -0.4 is 5.32 Å². The second kappa shape index (κ2) is 12.3. The molecule has 39 heavy (non-hydrogen) atoms. The smallest absolute Gasteiger partial charge is 0.255 e. The zero-order valence-electron chi connectivity index (χ0n) is 22.7. The van der Waals surface area contributed by atoms with Crippen LogP contribution in [0.2, 0.25) is 10.0 Å². The first-order chi connectivity index (χ1) is 18.8. The first-order valence-electron chi connectivity index (χ1n) is 14.1. The average Bonchev–Trinajstić information content (AvgIpc) is 3.37. The molecule has 2 atom stereocenters. The van der Waals surface area contributed by atoms with Crippen molar-refractivity contribution in [2.24, 2.45) is 0 Å². The molecule has 1 aromatic heterocycles. The summed E-state index contributed by atoms with van der Waals surface area (Å²) in [4.78, 5) is 38.9. The van der Waals surface area contributed by atoms with Gasteiger partial charge in [-0.2, -0.15) is 0 Å². The zero-order chi connectivity index (χ0) is 27.5. The van der Waals surface area contributed by atoms with Gasteiger partial charge in [-0.05, 0) is 82.5 Å². The standard InChI is InChI=1S/C30H37Cl2N5O2/c1-19(28-34-26-14-12-21(31)17-27(26)35-28)33-29(38)20-11-13-24(25(32)16-20)30(39)37-15-7-6-10-23(37)18-36(2)22-8-4-3-5-9-22/h11-14,16-17,19,22-23H,3-10,15,18H2,1-2H3,(H,33,38)(H,34,35). The van der Waals surface area contributed by atoms with Crippen molar-refractivity contribution in [3.05, 3.63) is 63.4 Å². The number of nitrogens with one attached hydrogen (secondary N) is 2. The van der Waals surface area contributed by atoms with Crippen LogP contribution in [0.5, 0.6) is 0 Å². The van der Waals surface area contributed by atoms with Crippen LogP contribution in [0, 0.1) is 0 Å². The molecule has 0 radical (unpaired) electrons. The number of hydrogen-bond acceptors (Lipinski definition) is 4. The Labute approximate surface area is 240 Å². The van der Waals surface area contributed by atoms with E-state index in [1.807, 2.05) is 17.9 Å². The van der Waals surface area contributed by atoms with Gasteiger partial charge in [0.15, 0.2) is 0 Å². The largest absolute Gasteiger partial charge is 0.342 e. The van der Waals surface area contributed by atoms with Crippen molar-refractivity contribution in [2.75, 3.05) is 20.1 Å². The lowest BCUT2D eigenvalue weighted by Crippen LogP contribution is -2.50. The fraction of sp³-hybridized carbons (Fsp3) is 0.500. The van der Waals surface area contributed by atoms with Gasteiger partial charge in [-0.1, -0.05) is 42.5 Å². The van der Waals surface area contributed by atoms with E-state index in [-0.39, 0.29) is 23.9 Å². The predicted octanol–water partition coefficient (Wildman–Crippen LogP) is 6.62. The number of likely N-dealkylation sites (N-methyl/N-ethyl adjacent to an activating group) is 1. The summed E-state index contributed by atoms with van der Waals surface area (Å²) in [5.74, 6) is 0.294. The molecule has 2 fully saturated rings. The summed E-state index contributed by atoms with van der Waals surface area (Å²) in [5, 5.41) is 3.86. The van der Waals surface area contributed by atoms with E-state index >= 15 is 0 Å². The average molecular weight is 571 g/mol. The van der Waals surface area contributed by atoms with Crippen molar-refractivity contribution < 1.29 is 9.59 Å². The van der Waals surface area contributed by atoms with Crippen LogP contribution in [0.3, 0.4) is 0 Å². The number of benzene rings is 2. The van der Waals surface area contributed by atoms with Gasteiger partial charge in [0, 0.05) is 35.8 Å². The number of carbonyl (C=O) groups is 2. The second-order valence-corrected chi connectivity index (χ2v) is 11.9. The SMILES string of the molecule is CC(NC(=O)c1ccc(C(=O)N2CCCCC2CN(C)C2CCCCC2)c(Cl)c1)c1nc2cc(Cl)ccc2[nH]1. The molecule has 1 aliphatic carbocycles. The van der Waals surface area contributed by atoms with E-state index in [2.05, 4.69) is 27.2 Å². The van der Waals surface area contributed by atoms with E-state index in [9.17, 15) is 9.59 Å². The van der Waals surface area contributed by atoms with Crippen molar-refractivity contribution in [1.29, 1.82) is 0 Å². The Morgan fingerprint density at radius 1 is 1.08 bits per heavy atom. The number of piperidine rings is 1. The van der Waals surface area contributed by atoms with Crippen LogP contribution in [0.25, 0.3) is 11.0 Å². The van der Waals surface area contributed by atoms with E-state index in [1.165, 1.54) is 32.1 Å². The van der Waals surface area contributed by atoms with Crippen LogP contribution in [-0.4, -0.2) is 63.8 Å². The Morgan fingerprint density at radius 3 is 2.62 bits per heavy atom. The van der Waals surface area contributed by atoms with Crippen molar-refractivity contribution in [1.82, 2.24) is 25.1 Å². The molecule has 2 aromatic carbocycles. The van der Waals surface area contributed by atoms with E-state index in [4.69, 9.17) is 23.2 Å². The highest BCUT2D eigenvalue weighted by Crippen LogP contribution is 2.28. The topological polar surface area (TPSA) is 81.3 Å². The molecule has 2 aliphatic rings. The number of nitrogens with zero attached hydrogens (tertiary/aromatic N) is 3. The van der Waals surface area contributed by atoms with Crippen LogP contribution in [-0.2, 0) is 0 Å². The van der Waals surface area contributed by atoms with Gasteiger partial charge in [0.25, 0.3) is 11.8 Å². The van der Waals surface area contributed by atoms with Crippen molar-refractivity contribution in [3.63, 3.8) is 0 Å². The fourth-order valence-corrected chi connectivity index (χ4v) is 6.43. The number of H-pyrrole nitrogens is 1. The maximum absolute atomic E-state index is 13.6. The Bertz CT molecular complexity index is 1340. The summed E-state index contributed by atoms with van der Waals surface area (Å²) in [6.45, 7) is 3.48. The molecule has 2 heterocycles. The molecule has 5 rings (SSSR count). The molecule has 2 amide bonds. The Morgan fingerprint density at radius 2 is 1.85 bits per heavy atom. The Hall–Kier alpha value is -2.61. The van der Waals surface area contributed by atoms with E-state index in [0.29, 0.717) is 33.0 Å². The minimum absolute atomic E-state index is 0.0528. The number of imidazole rings is 1. The Balaban J connectivity index is 1.25. The number of aromatic nitrogens is 2. The lowest BCUT2D eigenvalue weighted by molar-refractivity contribution is 0.0513. The third-order valence-corrected chi connectivity index (χ3v) is 8.82. The molecule has 0 spiro atoms. The summed E-state index contributed by atoms with van der Waals surface area (Å²) in [7, 11) is 2.20. The molecule has 1 saturated heterocycles. The monoisotopic (exact) mass is 569 g/mol. The van der Waals surface area contributed by atoms with Crippen molar-refractivity contribution in [3.8, 4) is 0 Å². The number of hydrogen-bond donors (Lipinski definition) is 2. The fourth-order valence-electron chi connectivity index (χ4n) is 6.00. The molecule has 208 valence electrons. The molecule has 2 N–H and O–H groups in total. The van der Waals surface area contributed by atoms with E-state index in [1.54, 1.807) is 30.3 Å². The maximum atomic E-state index is 13.6. The minimum Gasteiger partial charge on any atom is -0.342 e. The van der Waals surface area contributed by atoms with Crippen LogP contribution >= 0.6 is 23.2 Å². The number of halogens is 2. The third kappa shape index (κ3) is 6.42. The normalized spacial score (nSPS) is 19.4. The molecule has 2 unspecified atom stereocenters. The summed E-state index contributed by atoms with van der Waals surface area (Å²) >= 11 is 12.7. The van der Waals surface area contributed by atoms with Gasteiger partial charge in [0.2, 0.25) is 0 Å². The molecule has 1 saturated carbocycles. The number of fused-ring (bicyclic) bond motifs is 1. The second-order valence-electron chi connectivity index (χ2n) is 11.1. The molecule has 1 aliphatic heterocycles. The quantitative estimate of drug-likeness (QED) is 0.335. The van der Waals surface area contributed by atoms with E-state index in [0.717, 1.165) is 43.4 Å². The lowest BCUT2D eigenvalue weighted by Gasteiger charge is -2.40. The van der Waals surface area contributed by atoms with Gasteiger partial charge in [-0.25, -0.2) is 4.98 Å². The van der Waals surface area contributed by atoms with Crippen molar-refractivity contribution >= 4 is 46.0 Å².